The van der Waals surface area contributed by atoms with Crippen molar-refractivity contribution >= 4 is 23.6 Å². The summed E-state index contributed by atoms with van der Waals surface area (Å²) in [5.41, 5.74) is 1.57. The van der Waals surface area contributed by atoms with E-state index in [1.807, 2.05) is 0 Å². The molecule has 0 saturated carbocycles. The molecule has 9 heteroatoms. The van der Waals surface area contributed by atoms with Crippen molar-refractivity contribution in [3.8, 4) is 0 Å². The average molecular weight is 288 g/mol. The molecule has 0 aromatic carbocycles. The van der Waals surface area contributed by atoms with Crippen LogP contribution in [0.1, 0.15) is 21.9 Å². The highest BCUT2D eigenvalue weighted by Crippen LogP contribution is 2.07. The van der Waals surface area contributed by atoms with Crippen molar-refractivity contribution in [2.24, 2.45) is 0 Å². The summed E-state index contributed by atoms with van der Waals surface area (Å²) in [4.78, 5) is 30.1. The van der Waals surface area contributed by atoms with Crippen LogP contribution in [0.2, 0.25) is 0 Å². The minimum Gasteiger partial charge on any atom is -0.477 e. The number of aromatic carboxylic acids is 1. The van der Waals surface area contributed by atoms with Gasteiger partial charge in [-0.05, 0) is 26.0 Å². The number of nitrogens with zero attached hydrogens (tertiary/aromatic N) is 4. The van der Waals surface area contributed by atoms with Crippen LogP contribution in [0.3, 0.4) is 0 Å². The zero-order chi connectivity index (χ0) is 15.4. The first-order valence-corrected chi connectivity index (χ1v) is 5.91. The maximum atomic E-state index is 11.7. The van der Waals surface area contributed by atoms with Crippen LogP contribution in [-0.4, -0.2) is 37.3 Å². The van der Waals surface area contributed by atoms with E-state index in [0.29, 0.717) is 17.1 Å². The molecule has 0 atom stereocenters. The number of carboxylic acid groups (broad SMARTS) is 1. The Kier molecular flexibility index (Phi) is 4.02. The van der Waals surface area contributed by atoms with Crippen LogP contribution in [0, 0.1) is 13.8 Å². The minimum absolute atomic E-state index is 0.0747. The van der Waals surface area contributed by atoms with Crippen LogP contribution < -0.4 is 10.6 Å². The number of nitrogens with one attached hydrogen (secondary N) is 2. The van der Waals surface area contributed by atoms with Gasteiger partial charge >= 0.3 is 12.0 Å². The minimum atomic E-state index is -1.14. The molecule has 0 aliphatic heterocycles. The molecule has 2 aromatic rings. The maximum Gasteiger partial charge on any atom is 0.354 e. The molecule has 2 heterocycles. The first kappa shape index (κ1) is 14.3. The number of carbonyl (C=O) groups excluding carboxylic acids is 1. The van der Waals surface area contributed by atoms with E-state index in [4.69, 9.17) is 5.11 Å². The van der Waals surface area contributed by atoms with Crippen LogP contribution in [0.25, 0.3) is 0 Å². The molecule has 108 valence electrons. The van der Waals surface area contributed by atoms with E-state index in [1.165, 1.54) is 18.3 Å². The van der Waals surface area contributed by atoms with Gasteiger partial charge in [-0.1, -0.05) is 0 Å². The molecule has 0 aliphatic rings. The zero-order valence-corrected chi connectivity index (χ0v) is 11.3. The maximum absolute atomic E-state index is 11.7. The standard InChI is InChI=1S/C12H12N6O3/c1-6-7(2)17-18-11(14-6)16-12(21)15-8-3-4-9(10(19)20)13-5-8/h3-5H,1-2H3,(H,19,20)(H2,14,15,16,18,21). The Morgan fingerprint density at radius 2 is 1.86 bits per heavy atom. The smallest absolute Gasteiger partial charge is 0.354 e. The molecule has 9 nitrogen and oxygen atoms in total. The van der Waals surface area contributed by atoms with Crippen LogP contribution in [-0.2, 0) is 0 Å². The van der Waals surface area contributed by atoms with Crippen molar-refractivity contribution in [2.45, 2.75) is 13.8 Å². The largest absolute Gasteiger partial charge is 0.477 e. The van der Waals surface area contributed by atoms with Crippen molar-refractivity contribution in [2.75, 3.05) is 10.6 Å². The molecule has 0 fully saturated rings. The van der Waals surface area contributed by atoms with Gasteiger partial charge in [-0.25, -0.2) is 19.6 Å². The number of amides is 2. The number of rotatable bonds is 3. The number of hydrogen-bond donors (Lipinski definition) is 3. The zero-order valence-electron chi connectivity index (χ0n) is 11.3. The number of aryl methyl sites for hydroxylation is 2. The van der Waals surface area contributed by atoms with Crippen molar-refractivity contribution in [3.63, 3.8) is 0 Å². The number of urea groups is 1. The average Bonchev–Trinajstić information content (AvgIpc) is 2.43. The van der Waals surface area contributed by atoms with E-state index in [2.05, 4.69) is 30.8 Å². The van der Waals surface area contributed by atoms with Gasteiger partial charge in [-0.2, -0.15) is 5.10 Å². The van der Waals surface area contributed by atoms with Crippen molar-refractivity contribution in [1.82, 2.24) is 20.2 Å². The number of pyridine rings is 1. The van der Waals surface area contributed by atoms with E-state index in [9.17, 15) is 9.59 Å². The van der Waals surface area contributed by atoms with E-state index in [1.54, 1.807) is 13.8 Å². The Hall–Kier alpha value is -3.10. The molecular formula is C12H12N6O3. The fraction of sp³-hybridized carbons (Fsp3) is 0.167. The monoisotopic (exact) mass is 288 g/mol. The number of carboxylic acids is 1. The topological polar surface area (TPSA) is 130 Å². The lowest BCUT2D eigenvalue weighted by atomic mass is 10.3. The SMILES string of the molecule is Cc1nnc(NC(=O)Nc2ccc(C(=O)O)nc2)nc1C. The van der Waals surface area contributed by atoms with E-state index >= 15 is 0 Å². The number of hydrogen-bond acceptors (Lipinski definition) is 6. The van der Waals surface area contributed by atoms with Gasteiger partial charge in [0.1, 0.15) is 5.69 Å². The highest BCUT2D eigenvalue weighted by molar-refractivity contribution is 5.98. The second kappa shape index (κ2) is 5.90. The first-order chi connectivity index (χ1) is 9.95. The molecule has 2 amide bonds. The van der Waals surface area contributed by atoms with Gasteiger partial charge in [0.25, 0.3) is 5.95 Å². The number of anilines is 2. The molecule has 0 bridgehead atoms. The summed E-state index contributed by atoms with van der Waals surface area (Å²) in [6, 6.07) is 2.13. The molecule has 0 radical (unpaired) electrons. The van der Waals surface area contributed by atoms with E-state index in [-0.39, 0.29) is 11.6 Å². The Morgan fingerprint density at radius 1 is 1.10 bits per heavy atom. The molecule has 3 N–H and O–H groups in total. The highest BCUT2D eigenvalue weighted by atomic mass is 16.4. The van der Waals surface area contributed by atoms with Gasteiger partial charge in [0, 0.05) is 0 Å². The lowest BCUT2D eigenvalue weighted by Crippen LogP contribution is -2.21. The predicted octanol–water partition coefficient (Wildman–Crippen LogP) is 1.23. The van der Waals surface area contributed by atoms with Gasteiger partial charge in [0.2, 0.25) is 0 Å². The van der Waals surface area contributed by atoms with Gasteiger partial charge in [-0.3, -0.25) is 5.32 Å². The molecule has 0 unspecified atom stereocenters. The van der Waals surface area contributed by atoms with Gasteiger partial charge in [0.15, 0.2) is 0 Å². The molecule has 0 saturated heterocycles. The third kappa shape index (κ3) is 3.69. The van der Waals surface area contributed by atoms with E-state index in [0.717, 1.165) is 0 Å². The summed E-state index contributed by atoms with van der Waals surface area (Å²) in [6.45, 7) is 3.51. The number of aromatic nitrogens is 4. The Balaban J connectivity index is 2.01. The Morgan fingerprint density at radius 3 is 2.43 bits per heavy atom. The van der Waals surface area contributed by atoms with Crippen molar-refractivity contribution < 1.29 is 14.7 Å². The summed E-state index contributed by atoms with van der Waals surface area (Å²) < 4.78 is 0. The van der Waals surface area contributed by atoms with Gasteiger partial charge < -0.3 is 10.4 Å². The first-order valence-electron chi connectivity index (χ1n) is 5.91. The summed E-state index contributed by atoms with van der Waals surface area (Å²) in [5, 5.41) is 21.2. The van der Waals surface area contributed by atoms with Crippen LogP contribution in [0.15, 0.2) is 18.3 Å². The second-order valence-electron chi connectivity index (χ2n) is 4.12. The molecule has 2 aromatic heterocycles. The van der Waals surface area contributed by atoms with Gasteiger partial charge in [-0.15, -0.1) is 5.10 Å². The highest BCUT2D eigenvalue weighted by Gasteiger charge is 2.08. The Labute approximate surface area is 119 Å². The lowest BCUT2D eigenvalue weighted by molar-refractivity contribution is 0.0690. The summed E-state index contributed by atoms with van der Waals surface area (Å²) >= 11 is 0. The molecule has 0 spiro atoms. The molecule has 0 aliphatic carbocycles. The predicted molar refractivity (Wildman–Crippen MR) is 73.1 cm³/mol. The number of carbonyl (C=O) groups is 2. The second-order valence-corrected chi connectivity index (χ2v) is 4.12. The normalized spacial score (nSPS) is 10.0. The third-order valence-electron chi connectivity index (χ3n) is 2.56. The third-order valence-corrected chi connectivity index (χ3v) is 2.56. The molecular weight excluding hydrogens is 276 g/mol. The Bertz CT molecular complexity index is 686. The summed E-state index contributed by atoms with van der Waals surface area (Å²) in [5.74, 6) is -1.06. The quantitative estimate of drug-likeness (QED) is 0.774. The van der Waals surface area contributed by atoms with E-state index < -0.39 is 12.0 Å². The fourth-order valence-corrected chi connectivity index (χ4v) is 1.37. The van der Waals surface area contributed by atoms with Crippen LogP contribution >= 0.6 is 0 Å². The van der Waals surface area contributed by atoms with Crippen molar-refractivity contribution in [3.05, 3.63) is 35.4 Å². The van der Waals surface area contributed by atoms with Crippen molar-refractivity contribution in [1.29, 1.82) is 0 Å². The van der Waals surface area contributed by atoms with Gasteiger partial charge in [0.05, 0.1) is 23.3 Å². The van der Waals surface area contributed by atoms with Crippen LogP contribution in [0.4, 0.5) is 16.4 Å². The molecule has 21 heavy (non-hydrogen) atoms. The summed E-state index contributed by atoms with van der Waals surface area (Å²) in [7, 11) is 0. The van der Waals surface area contributed by atoms with Crippen LogP contribution in [0.5, 0.6) is 0 Å². The molecule has 2 rings (SSSR count). The lowest BCUT2D eigenvalue weighted by Gasteiger charge is -2.06. The fourth-order valence-electron chi connectivity index (χ4n) is 1.37. The summed E-state index contributed by atoms with van der Waals surface area (Å²) in [6.07, 6.45) is 1.24.